The van der Waals surface area contributed by atoms with Gasteiger partial charge in [0.25, 0.3) is 0 Å². The number of aliphatic hydroxyl groups is 1. The van der Waals surface area contributed by atoms with E-state index in [1.807, 2.05) is 6.08 Å². The van der Waals surface area contributed by atoms with E-state index in [0.717, 1.165) is 13.0 Å². The third kappa shape index (κ3) is 8.08. The highest BCUT2D eigenvalue weighted by atomic mass is 28.4. The van der Waals surface area contributed by atoms with Gasteiger partial charge in [0.2, 0.25) is 0 Å². The van der Waals surface area contributed by atoms with Gasteiger partial charge in [-0.05, 0) is 48.6 Å². The van der Waals surface area contributed by atoms with Crippen molar-refractivity contribution in [1.29, 1.82) is 0 Å². The summed E-state index contributed by atoms with van der Waals surface area (Å²) in [5.41, 5.74) is 0. The third-order valence-electron chi connectivity index (χ3n) is 6.06. The molecular formula is C20H44O3Si2. The van der Waals surface area contributed by atoms with Gasteiger partial charge in [-0.2, -0.15) is 0 Å². The zero-order valence-corrected chi connectivity index (χ0v) is 20.7. The van der Waals surface area contributed by atoms with Crippen LogP contribution in [-0.4, -0.2) is 41.1 Å². The predicted octanol–water partition coefficient (Wildman–Crippen LogP) is 5.97. The first kappa shape index (κ1) is 25.1. The Balaban J connectivity index is 5.08. The highest BCUT2D eigenvalue weighted by Gasteiger charge is 2.40. The van der Waals surface area contributed by atoms with E-state index in [-0.39, 0.29) is 28.7 Å². The van der Waals surface area contributed by atoms with Crippen LogP contribution < -0.4 is 0 Å². The molecule has 0 saturated heterocycles. The fourth-order valence-corrected chi connectivity index (χ4v) is 4.53. The molecule has 0 saturated carbocycles. The molecule has 0 radical (unpaired) electrons. The highest BCUT2D eigenvalue weighted by molar-refractivity contribution is 6.74. The molecular weight excluding hydrogens is 344 g/mol. The van der Waals surface area contributed by atoms with Crippen LogP contribution in [0.25, 0.3) is 0 Å². The maximum absolute atomic E-state index is 9.09. The zero-order chi connectivity index (χ0) is 20.1. The van der Waals surface area contributed by atoms with E-state index in [4.69, 9.17) is 14.0 Å². The largest absolute Gasteiger partial charge is 0.417 e. The molecule has 0 aromatic rings. The first-order valence-electron chi connectivity index (χ1n) is 9.64. The molecule has 0 aliphatic carbocycles. The molecule has 0 aromatic heterocycles. The SMILES string of the molecule is C[C@H](/C=C/CO)[C@H](CCO[Si](C)(C)C(C)(C)C)O[Si](C)(C)C(C)(C)C. The highest BCUT2D eigenvalue weighted by Crippen LogP contribution is 2.39. The van der Waals surface area contributed by atoms with Crippen molar-refractivity contribution in [2.24, 2.45) is 5.92 Å². The van der Waals surface area contributed by atoms with Gasteiger partial charge in [0.05, 0.1) is 12.7 Å². The smallest absolute Gasteiger partial charge is 0.192 e. The van der Waals surface area contributed by atoms with Gasteiger partial charge in [-0.15, -0.1) is 0 Å². The van der Waals surface area contributed by atoms with Crippen LogP contribution in [0.5, 0.6) is 0 Å². The van der Waals surface area contributed by atoms with Gasteiger partial charge in [-0.3, -0.25) is 0 Å². The van der Waals surface area contributed by atoms with E-state index in [9.17, 15) is 0 Å². The van der Waals surface area contributed by atoms with Gasteiger partial charge in [-0.25, -0.2) is 0 Å². The molecule has 5 heteroatoms. The van der Waals surface area contributed by atoms with Gasteiger partial charge >= 0.3 is 0 Å². The van der Waals surface area contributed by atoms with Crippen LogP contribution in [0, 0.1) is 5.92 Å². The van der Waals surface area contributed by atoms with Crippen molar-refractivity contribution in [2.45, 2.75) is 97.3 Å². The lowest BCUT2D eigenvalue weighted by atomic mass is 10.0. The van der Waals surface area contributed by atoms with E-state index in [1.54, 1.807) is 0 Å². The second-order valence-electron chi connectivity index (χ2n) is 10.3. The Labute approximate surface area is 159 Å². The molecule has 0 amide bonds. The quantitative estimate of drug-likeness (QED) is 0.390. The van der Waals surface area contributed by atoms with E-state index in [2.05, 4.69) is 80.7 Å². The average molecular weight is 389 g/mol. The van der Waals surface area contributed by atoms with Gasteiger partial charge in [0, 0.05) is 6.61 Å². The predicted molar refractivity (Wildman–Crippen MR) is 115 cm³/mol. The summed E-state index contributed by atoms with van der Waals surface area (Å²) in [6, 6.07) is 0. The molecule has 2 atom stereocenters. The summed E-state index contributed by atoms with van der Waals surface area (Å²) in [5, 5.41) is 9.51. The van der Waals surface area contributed by atoms with Crippen LogP contribution in [0.3, 0.4) is 0 Å². The molecule has 0 rings (SSSR count). The lowest BCUT2D eigenvalue weighted by Gasteiger charge is -2.41. The van der Waals surface area contributed by atoms with E-state index >= 15 is 0 Å². The van der Waals surface area contributed by atoms with E-state index in [0.29, 0.717) is 0 Å². The maximum Gasteiger partial charge on any atom is 0.192 e. The van der Waals surface area contributed by atoms with Crippen LogP contribution in [0.2, 0.25) is 36.3 Å². The molecule has 0 aromatic carbocycles. The molecule has 150 valence electrons. The minimum atomic E-state index is -1.84. The first-order valence-corrected chi connectivity index (χ1v) is 15.5. The fraction of sp³-hybridized carbons (Fsp3) is 0.900. The molecule has 0 unspecified atom stereocenters. The average Bonchev–Trinajstić information content (AvgIpc) is 2.40. The van der Waals surface area contributed by atoms with Crippen LogP contribution in [0.4, 0.5) is 0 Å². The lowest BCUT2D eigenvalue weighted by Crippen LogP contribution is -2.46. The number of rotatable bonds is 9. The Morgan fingerprint density at radius 2 is 1.40 bits per heavy atom. The first-order chi connectivity index (χ1) is 11.0. The van der Waals surface area contributed by atoms with Gasteiger partial charge in [-0.1, -0.05) is 60.6 Å². The van der Waals surface area contributed by atoms with Crippen molar-refractivity contribution < 1.29 is 14.0 Å². The monoisotopic (exact) mass is 388 g/mol. The maximum atomic E-state index is 9.09. The molecule has 1 N–H and O–H groups in total. The van der Waals surface area contributed by atoms with Crippen molar-refractivity contribution in [3.05, 3.63) is 12.2 Å². The van der Waals surface area contributed by atoms with Crippen molar-refractivity contribution in [3.63, 3.8) is 0 Å². The molecule has 25 heavy (non-hydrogen) atoms. The Bertz CT molecular complexity index is 418. The Hall–Kier alpha value is 0.0538. The standard InChI is InChI=1S/C20H44O3Si2/c1-17(13-12-15-21)18(23-25(10,11)20(5,6)7)14-16-22-24(8,9)19(2,3)4/h12-13,17-18,21H,14-16H2,1-11H3/b13-12+/t17-,18+/m1/s1. The van der Waals surface area contributed by atoms with Crippen LogP contribution in [0.15, 0.2) is 12.2 Å². The molecule has 0 aliphatic rings. The Kier molecular flexibility index (Phi) is 9.33. The van der Waals surface area contributed by atoms with Gasteiger partial charge in [0.1, 0.15) is 0 Å². The molecule has 3 nitrogen and oxygen atoms in total. The number of aliphatic hydroxyl groups excluding tert-OH is 1. The molecule has 0 aliphatic heterocycles. The third-order valence-corrected chi connectivity index (χ3v) is 15.1. The van der Waals surface area contributed by atoms with Crippen molar-refractivity contribution >= 4 is 16.6 Å². The molecule has 0 bridgehead atoms. The summed E-state index contributed by atoms with van der Waals surface area (Å²) in [5.74, 6) is 0.268. The minimum absolute atomic E-state index is 0.0810. The summed E-state index contributed by atoms with van der Waals surface area (Å²) in [6.45, 7) is 25.8. The summed E-state index contributed by atoms with van der Waals surface area (Å²) >= 11 is 0. The summed E-state index contributed by atoms with van der Waals surface area (Å²) < 4.78 is 13.1. The summed E-state index contributed by atoms with van der Waals surface area (Å²) in [4.78, 5) is 0. The van der Waals surface area contributed by atoms with Crippen LogP contribution in [0.1, 0.15) is 54.9 Å². The summed E-state index contributed by atoms with van der Waals surface area (Å²) in [7, 11) is -3.57. The number of hydrogen-bond donors (Lipinski definition) is 1. The van der Waals surface area contributed by atoms with Crippen molar-refractivity contribution in [3.8, 4) is 0 Å². The topological polar surface area (TPSA) is 38.7 Å². The number of hydrogen-bond acceptors (Lipinski definition) is 3. The van der Waals surface area contributed by atoms with Crippen LogP contribution >= 0.6 is 0 Å². The van der Waals surface area contributed by atoms with Crippen molar-refractivity contribution in [2.75, 3.05) is 13.2 Å². The zero-order valence-electron chi connectivity index (χ0n) is 18.7. The Morgan fingerprint density at radius 1 is 0.920 bits per heavy atom. The van der Waals surface area contributed by atoms with E-state index < -0.39 is 16.6 Å². The van der Waals surface area contributed by atoms with Gasteiger partial charge in [0.15, 0.2) is 16.6 Å². The summed E-state index contributed by atoms with van der Waals surface area (Å²) in [6.07, 6.45) is 4.93. The van der Waals surface area contributed by atoms with Crippen LogP contribution in [-0.2, 0) is 8.85 Å². The molecule has 0 fully saturated rings. The second-order valence-corrected chi connectivity index (χ2v) is 19.8. The molecule has 0 spiro atoms. The normalized spacial score (nSPS) is 17.1. The second kappa shape index (κ2) is 9.31. The minimum Gasteiger partial charge on any atom is -0.417 e. The molecule has 0 heterocycles. The van der Waals surface area contributed by atoms with Gasteiger partial charge < -0.3 is 14.0 Å². The van der Waals surface area contributed by atoms with Crippen molar-refractivity contribution in [1.82, 2.24) is 0 Å². The fourth-order valence-electron chi connectivity index (χ4n) is 2.03. The lowest BCUT2D eigenvalue weighted by molar-refractivity contribution is 0.113. The Morgan fingerprint density at radius 3 is 1.80 bits per heavy atom. The van der Waals surface area contributed by atoms with E-state index in [1.165, 1.54) is 0 Å².